The molecule has 23 heavy (non-hydrogen) atoms. The van der Waals surface area contributed by atoms with Gasteiger partial charge in [0.1, 0.15) is 0 Å². The molecule has 0 atom stereocenters. The fourth-order valence-electron chi connectivity index (χ4n) is 2.37. The minimum atomic E-state index is 0.136. The van der Waals surface area contributed by atoms with Crippen molar-refractivity contribution in [3.63, 3.8) is 0 Å². The summed E-state index contributed by atoms with van der Waals surface area (Å²) in [5, 5.41) is 22.9. The number of rotatable bonds is 6. The Morgan fingerprint density at radius 3 is 2.78 bits per heavy atom. The van der Waals surface area contributed by atoms with Crippen LogP contribution in [0.2, 0.25) is 0 Å². The average molecular weight is 334 g/mol. The molecule has 7 heteroatoms. The number of likely N-dealkylation sites (N-methyl/N-ethyl adjacent to an activating group) is 1. The number of aromatic nitrogens is 1. The number of aryl methyl sites for hydroxylation is 1. The summed E-state index contributed by atoms with van der Waals surface area (Å²) in [4.78, 5) is 1.33. The molecule has 0 unspecified atom stereocenters. The van der Waals surface area contributed by atoms with E-state index < -0.39 is 0 Å². The molecule has 1 heterocycles. The van der Waals surface area contributed by atoms with Gasteiger partial charge in [-0.15, -0.1) is 10.2 Å². The maximum absolute atomic E-state index is 10.4. The number of thiocarbonyl (C=S) groups is 1. The van der Waals surface area contributed by atoms with Crippen molar-refractivity contribution in [3.05, 3.63) is 24.3 Å². The minimum absolute atomic E-state index is 0.136. The molecule has 0 saturated heterocycles. The highest BCUT2D eigenvalue weighted by Crippen LogP contribution is 2.38. The van der Waals surface area contributed by atoms with Crippen LogP contribution in [0.25, 0.3) is 10.9 Å². The Hall–Kier alpha value is -1.99. The van der Waals surface area contributed by atoms with Crippen LogP contribution in [0.5, 0.6) is 5.88 Å². The number of quaternary nitrogens is 1. The predicted molar refractivity (Wildman–Crippen MR) is 96.7 cm³/mol. The lowest BCUT2D eigenvalue weighted by molar-refractivity contribution is -0.856. The van der Waals surface area contributed by atoms with Crippen LogP contribution in [0.4, 0.5) is 5.69 Å². The van der Waals surface area contributed by atoms with Gasteiger partial charge in [-0.3, -0.25) is 0 Å². The van der Waals surface area contributed by atoms with E-state index in [9.17, 15) is 5.11 Å². The number of para-hydroxylation sites is 1. The van der Waals surface area contributed by atoms with E-state index in [0.717, 1.165) is 37.0 Å². The number of fused-ring (bicyclic) bond motifs is 1. The first-order valence-corrected chi connectivity index (χ1v) is 8.24. The Labute approximate surface area is 141 Å². The van der Waals surface area contributed by atoms with E-state index in [4.69, 9.17) is 12.2 Å². The van der Waals surface area contributed by atoms with Crippen LogP contribution >= 0.6 is 12.2 Å². The summed E-state index contributed by atoms with van der Waals surface area (Å²) >= 11 is 5.16. The van der Waals surface area contributed by atoms with E-state index in [-0.39, 0.29) is 5.88 Å². The first kappa shape index (κ1) is 17.4. The molecule has 0 aliphatic carbocycles. The minimum Gasteiger partial charge on any atom is -0.493 e. The van der Waals surface area contributed by atoms with E-state index in [1.807, 2.05) is 28.8 Å². The smallest absolute Gasteiger partial charge is 0.220 e. The third kappa shape index (κ3) is 4.27. The van der Waals surface area contributed by atoms with Gasteiger partial charge in [0.2, 0.25) is 11.0 Å². The lowest BCUT2D eigenvalue weighted by Crippen LogP contribution is -3.06. The summed E-state index contributed by atoms with van der Waals surface area (Å²) in [6.45, 7) is 4.48. The summed E-state index contributed by atoms with van der Waals surface area (Å²) in [6, 6.07) is 7.78. The second-order valence-electron chi connectivity index (χ2n) is 5.73. The van der Waals surface area contributed by atoms with Gasteiger partial charge in [-0.05, 0) is 24.7 Å². The number of azo groups is 1. The average Bonchev–Trinajstić information content (AvgIpc) is 2.78. The third-order valence-electron chi connectivity index (χ3n) is 3.51. The number of benzene rings is 1. The van der Waals surface area contributed by atoms with Crippen LogP contribution in [-0.2, 0) is 6.54 Å². The van der Waals surface area contributed by atoms with E-state index in [1.54, 1.807) is 0 Å². The Balaban J connectivity index is 2.21. The maximum atomic E-state index is 10.4. The third-order valence-corrected chi connectivity index (χ3v) is 3.73. The van der Waals surface area contributed by atoms with E-state index in [0.29, 0.717) is 10.8 Å². The number of hydrogen-bond acceptors (Lipinski definition) is 3. The van der Waals surface area contributed by atoms with Crippen molar-refractivity contribution in [1.29, 1.82) is 0 Å². The molecule has 0 fully saturated rings. The van der Waals surface area contributed by atoms with Crippen LogP contribution < -0.4 is 10.2 Å². The van der Waals surface area contributed by atoms with Crippen molar-refractivity contribution in [2.24, 2.45) is 10.2 Å². The summed E-state index contributed by atoms with van der Waals surface area (Å²) in [5.41, 5.74) is 1.42. The normalized spacial score (nSPS) is 11.7. The van der Waals surface area contributed by atoms with Gasteiger partial charge in [-0.25, -0.2) is 0 Å². The second-order valence-corrected chi connectivity index (χ2v) is 6.12. The molecule has 0 amide bonds. The Kier molecular flexibility index (Phi) is 6.06. The number of nitrogens with zero attached hydrogens (tertiary/aromatic N) is 3. The molecule has 6 nitrogen and oxygen atoms in total. The molecule has 124 valence electrons. The van der Waals surface area contributed by atoms with Gasteiger partial charge in [0.25, 0.3) is 0 Å². The largest absolute Gasteiger partial charge is 0.493 e. The molecule has 0 spiro atoms. The zero-order chi connectivity index (χ0) is 16.8. The molecule has 2 rings (SSSR count). The van der Waals surface area contributed by atoms with Crippen molar-refractivity contribution in [1.82, 2.24) is 9.88 Å². The van der Waals surface area contributed by atoms with Crippen molar-refractivity contribution in [2.75, 3.05) is 27.2 Å². The molecule has 0 aliphatic heterocycles. The lowest BCUT2D eigenvalue weighted by Gasteiger charge is -2.07. The van der Waals surface area contributed by atoms with Crippen LogP contribution in [0.3, 0.4) is 0 Å². The van der Waals surface area contributed by atoms with Crippen LogP contribution in [-0.4, -0.2) is 42.0 Å². The molecule has 0 radical (unpaired) electrons. The zero-order valence-electron chi connectivity index (χ0n) is 13.8. The van der Waals surface area contributed by atoms with Crippen LogP contribution in [0.15, 0.2) is 34.5 Å². The van der Waals surface area contributed by atoms with Gasteiger partial charge in [0.15, 0.2) is 5.69 Å². The van der Waals surface area contributed by atoms with E-state index in [1.165, 1.54) is 4.90 Å². The molecule has 3 N–H and O–H groups in total. The van der Waals surface area contributed by atoms with Crippen molar-refractivity contribution < 1.29 is 10.0 Å². The molecule has 1 aromatic carbocycles. The molecule has 1 aromatic heterocycles. The van der Waals surface area contributed by atoms with Gasteiger partial charge in [0.05, 0.1) is 32.7 Å². The molecule has 0 aliphatic rings. The number of nitrogens with one attached hydrogen (secondary N) is 2. The summed E-state index contributed by atoms with van der Waals surface area (Å²) in [5.74, 6) is 0.136. The summed E-state index contributed by atoms with van der Waals surface area (Å²) < 4.78 is 1.86. The van der Waals surface area contributed by atoms with E-state index >= 15 is 0 Å². The standard InChI is InChI=1S/C16H23N5OS/c1-4-10-21-13-8-6-5-7-12(13)14(15(21)22)18-19-16(23)17-9-11-20(2)3/h5-8,22H,4,9-11H2,1-3H3,(H,17,23)/p+1. The highest BCUT2D eigenvalue weighted by molar-refractivity contribution is 7.80. The second kappa shape index (κ2) is 8.03. The lowest BCUT2D eigenvalue weighted by atomic mass is 10.2. The SMILES string of the molecule is CCCn1c(O)c(N=NC(=S)NCC[NH+](C)C)c2ccccc21. The number of hydrogen-bond donors (Lipinski definition) is 3. The Morgan fingerprint density at radius 2 is 2.09 bits per heavy atom. The molecule has 2 aromatic rings. The Bertz CT molecular complexity index is 708. The van der Waals surface area contributed by atoms with Gasteiger partial charge >= 0.3 is 0 Å². The fraction of sp³-hybridized carbons (Fsp3) is 0.438. The highest BCUT2D eigenvalue weighted by Gasteiger charge is 2.15. The van der Waals surface area contributed by atoms with Gasteiger partial charge < -0.3 is 19.9 Å². The first-order chi connectivity index (χ1) is 11.0. The van der Waals surface area contributed by atoms with Crippen molar-refractivity contribution >= 4 is 33.9 Å². The topological polar surface area (TPSA) is 66.3 Å². The van der Waals surface area contributed by atoms with Gasteiger partial charge in [0, 0.05) is 11.9 Å². The van der Waals surface area contributed by atoms with Crippen molar-refractivity contribution in [3.8, 4) is 5.88 Å². The highest BCUT2D eigenvalue weighted by atomic mass is 32.1. The van der Waals surface area contributed by atoms with Gasteiger partial charge in [-0.1, -0.05) is 25.1 Å². The van der Waals surface area contributed by atoms with Gasteiger partial charge in [-0.2, -0.15) is 0 Å². The maximum Gasteiger partial charge on any atom is 0.220 e. The monoisotopic (exact) mass is 334 g/mol. The van der Waals surface area contributed by atoms with Crippen molar-refractivity contribution in [2.45, 2.75) is 19.9 Å². The van der Waals surface area contributed by atoms with Crippen LogP contribution in [0, 0.1) is 0 Å². The first-order valence-electron chi connectivity index (χ1n) is 7.83. The summed E-state index contributed by atoms with van der Waals surface area (Å²) in [7, 11) is 4.15. The zero-order valence-corrected chi connectivity index (χ0v) is 14.7. The molecule has 0 bridgehead atoms. The number of aromatic hydroxyl groups is 1. The van der Waals surface area contributed by atoms with Crippen LogP contribution in [0.1, 0.15) is 13.3 Å². The quantitative estimate of drug-likeness (QED) is 0.558. The Morgan fingerprint density at radius 1 is 1.35 bits per heavy atom. The molecular formula is C16H24N5OS+. The summed E-state index contributed by atoms with van der Waals surface area (Å²) in [6.07, 6.45) is 0.926. The fourth-order valence-corrected chi connectivity index (χ4v) is 2.51. The molecular weight excluding hydrogens is 310 g/mol. The predicted octanol–water partition coefficient (Wildman–Crippen LogP) is 1.86. The van der Waals surface area contributed by atoms with E-state index in [2.05, 4.69) is 36.6 Å². The molecule has 0 saturated carbocycles.